The van der Waals surface area contributed by atoms with E-state index in [9.17, 15) is 14.7 Å². The minimum Gasteiger partial charge on any atom is -0.491 e. The molecule has 5 aromatic rings. The van der Waals surface area contributed by atoms with Gasteiger partial charge in [-0.3, -0.25) is 14.8 Å². The molecule has 0 aliphatic heterocycles. The zero-order valence-corrected chi connectivity index (χ0v) is 20.9. The molecule has 0 aliphatic carbocycles. The molecule has 0 amide bonds. The van der Waals surface area contributed by atoms with Gasteiger partial charge in [0.2, 0.25) is 0 Å². The number of ether oxygens (including phenoxy) is 1. The molecule has 2 heterocycles. The number of rotatable bonds is 8. The van der Waals surface area contributed by atoms with E-state index in [0.29, 0.717) is 38.9 Å². The number of allylic oxidation sites excluding steroid dienone is 1. The molecule has 0 spiro atoms. The van der Waals surface area contributed by atoms with Crippen LogP contribution in [-0.2, 0) is 11.2 Å². The third kappa shape index (κ3) is 5.22. The second-order valence-electron chi connectivity index (χ2n) is 8.70. The van der Waals surface area contributed by atoms with E-state index in [0.717, 1.165) is 17.3 Å². The van der Waals surface area contributed by atoms with Crippen molar-refractivity contribution < 1.29 is 19.4 Å². The Labute approximate surface area is 216 Å². The van der Waals surface area contributed by atoms with Crippen molar-refractivity contribution in [2.75, 3.05) is 0 Å². The first-order valence-corrected chi connectivity index (χ1v) is 12.3. The average Bonchev–Trinajstić information content (AvgIpc) is 3.36. The number of fused-ring (bicyclic) bond motifs is 2. The minimum atomic E-state index is -1.20. The van der Waals surface area contributed by atoms with Gasteiger partial charge in [-0.25, -0.2) is 4.79 Å². The second kappa shape index (κ2) is 10.2. The van der Waals surface area contributed by atoms with Gasteiger partial charge in [0.1, 0.15) is 16.8 Å². The Morgan fingerprint density at radius 3 is 2.24 bits per heavy atom. The fourth-order valence-electron chi connectivity index (χ4n) is 4.10. The van der Waals surface area contributed by atoms with E-state index in [4.69, 9.17) is 4.74 Å². The molecule has 37 heavy (non-hydrogen) atoms. The molecule has 0 unspecified atom stereocenters. The van der Waals surface area contributed by atoms with Gasteiger partial charge >= 0.3 is 5.97 Å². The lowest BCUT2D eigenvalue weighted by Gasteiger charge is -2.14. The maximum atomic E-state index is 13.9. The topological polar surface area (TPSA) is 115 Å². The average molecular weight is 511 g/mol. The number of carbonyl (C=O) groups is 2. The van der Waals surface area contributed by atoms with Crippen LogP contribution in [0.2, 0.25) is 0 Å². The molecule has 5 rings (SSSR count). The zero-order valence-electron chi connectivity index (χ0n) is 20.1. The van der Waals surface area contributed by atoms with Crippen molar-refractivity contribution in [1.29, 1.82) is 0 Å². The van der Waals surface area contributed by atoms with Gasteiger partial charge in [0.25, 0.3) is 0 Å². The van der Waals surface area contributed by atoms with E-state index >= 15 is 0 Å². The van der Waals surface area contributed by atoms with Crippen molar-refractivity contribution in [3.63, 3.8) is 0 Å². The number of aromatic nitrogens is 4. The molecule has 0 bridgehead atoms. The number of ketones is 1. The van der Waals surface area contributed by atoms with Gasteiger partial charge in [0.15, 0.2) is 5.78 Å². The second-order valence-corrected chi connectivity index (χ2v) is 9.23. The Hall–Kier alpha value is -4.50. The van der Waals surface area contributed by atoms with Crippen LogP contribution >= 0.6 is 11.7 Å². The summed E-state index contributed by atoms with van der Waals surface area (Å²) in [6, 6.07) is 17.2. The third-order valence-electron chi connectivity index (χ3n) is 5.74. The highest BCUT2D eigenvalue weighted by Crippen LogP contribution is 2.29. The SMILES string of the molecule is CC(C)Oc1ccc(C(=O)C(Cc2ccc3nccnc3c2)=C(C(=O)O)c2ccc3nsnc3c2)cc1. The van der Waals surface area contributed by atoms with Gasteiger partial charge in [-0.05, 0) is 73.5 Å². The summed E-state index contributed by atoms with van der Waals surface area (Å²) in [4.78, 5) is 35.1. The molecule has 0 atom stereocenters. The molecular weight excluding hydrogens is 488 g/mol. The fraction of sp³-hybridized carbons (Fsp3) is 0.143. The summed E-state index contributed by atoms with van der Waals surface area (Å²) in [6.45, 7) is 3.84. The number of carboxylic acids is 1. The Morgan fingerprint density at radius 1 is 0.838 bits per heavy atom. The van der Waals surface area contributed by atoms with E-state index < -0.39 is 5.97 Å². The Balaban J connectivity index is 1.64. The number of aliphatic carboxylic acids is 1. The number of hydrogen-bond acceptors (Lipinski definition) is 8. The largest absolute Gasteiger partial charge is 0.491 e. The van der Waals surface area contributed by atoms with Gasteiger partial charge < -0.3 is 9.84 Å². The monoisotopic (exact) mass is 510 g/mol. The molecule has 9 heteroatoms. The van der Waals surface area contributed by atoms with Crippen LogP contribution in [0.5, 0.6) is 5.75 Å². The molecule has 8 nitrogen and oxygen atoms in total. The van der Waals surface area contributed by atoms with Crippen LogP contribution in [0.4, 0.5) is 0 Å². The maximum absolute atomic E-state index is 13.9. The van der Waals surface area contributed by atoms with Crippen molar-refractivity contribution in [1.82, 2.24) is 18.7 Å². The minimum absolute atomic E-state index is 0.0123. The number of carbonyl (C=O) groups excluding carboxylic acids is 1. The lowest BCUT2D eigenvalue weighted by atomic mass is 9.89. The van der Waals surface area contributed by atoms with Crippen molar-refractivity contribution in [2.45, 2.75) is 26.4 Å². The van der Waals surface area contributed by atoms with Crippen molar-refractivity contribution in [3.8, 4) is 5.75 Å². The smallest absolute Gasteiger partial charge is 0.336 e. The van der Waals surface area contributed by atoms with E-state index in [-0.39, 0.29) is 29.5 Å². The summed E-state index contributed by atoms with van der Waals surface area (Å²) >= 11 is 1.05. The third-order valence-corrected chi connectivity index (χ3v) is 6.29. The van der Waals surface area contributed by atoms with Crippen LogP contribution in [0, 0.1) is 0 Å². The van der Waals surface area contributed by atoms with Crippen LogP contribution in [0.1, 0.15) is 35.3 Å². The van der Waals surface area contributed by atoms with Gasteiger partial charge in [-0.15, -0.1) is 0 Å². The summed E-state index contributed by atoms with van der Waals surface area (Å²) in [5.74, 6) is -0.958. The summed E-state index contributed by atoms with van der Waals surface area (Å²) in [5, 5.41) is 10.3. The molecular formula is C28H22N4O4S. The maximum Gasteiger partial charge on any atom is 0.336 e. The summed E-state index contributed by atoms with van der Waals surface area (Å²) in [5.41, 5.74) is 4.17. The van der Waals surface area contributed by atoms with Crippen LogP contribution in [0.15, 0.2) is 78.6 Å². The van der Waals surface area contributed by atoms with Crippen molar-refractivity contribution in [2.24, 2.45) is 0 Å². The highest BCUT2D eigenvalue weighted by molar-refractivity contribution is 7.00. The van der Waals surface area contributed by atoms with E-state index in [1.54, 1.807) is 54.9 Å². The molecule has 0 radical (unpaired) electrons. The normalized spacial score (nSPS) is 12.1. The molecule has 184 valence electrons. The lowest BCUT2D eigenvalue weighted by Crippen LogP contribution is -2.14. The molecule has 0 fully saturated rings. The molecule has 0 aliphatic rings. The first-order valence-electron chi connectivity index (χ1n) is 11.6. The fourth-order valence-corrected chi connectivity index (χ4v) is 4.62. The van der Waals surface area contributed by atoms with E-state index in [1.165, 1.54) is 0 Å². The highest BCUT2D eigenvalue weighted by atomic mass is 32.1. The van der Waals surface area contributed by atoms with Crippen molar-refractivity contribution >= 4 is 51.1 Å². The van der Waals surface area contributed by atoms with Crippen LogP contribution in [0.3, 0.4) is 0 Å². The number of Topliss-reactive ketones (excluding diaryl/α,β-unsaturated/α-hetero) is 1. The Bertz CT molecular complexity index is 1660. The highest BCUT2D eigenvalue weighted by Gasteiger charge is 2.24. The zero-order chi connectivity index (χ0) is 25.9. The van der Waals surface area contributed by atoms with Gasteiger partial charge in [-0.2, -0.15) is 8.75 Å². The van der Waals surface area contributed by atoms with Crippen molar-refractivity contribution in [3.05, 3.63) is 95.3 Å². The Morgan fingerprint density at radius 2 is 1.51 bits per heavy atom. The standard InChI is InChI=1S/C28H22N4O4S/c1-16(2)36-20-7-4-18(5-8-20)27(33)21(13-17-3-9-22-24(14-17)30-12-11-29-22)26(28(34)35)19-6-10-23-25(15-19)32-37-31-23/h3-12,14-16H,13H2,1-2H3,(H,34,35). The predicted molar refractivity (Wildman–Crippen MR) is 142 cm³/mol. The number of benzene rings is 3. The predicted octanol–water partition coefficient (Wildman–Crippen LogP) is 5.39. The van der Waals surface area contributed by atoms with E-state index in [2.05, 4.69) is 18.7 Å². The first kappa shape index (κ1) is 24.2. The summed E-state index contributed by atoms with van der Waals surface area (Å²) in [6.07, 6.45) is 3.27. The van der Waals surface area contributed by atoms with Gasteiger partial charge in [0, 0.05) is 30.0 Å². The first-order chi connectivity index (χ1) is 17.9. The molecule has 1 N–H and O–H groups in total. The summed E-state index contributed by atoms with van der Waals surface area (Å²) < 4.78 is 14.1. The number of carboxylic acid groups (broad SMARTS) is 1. The molecule has 0 saturated heterocycles. The quantitative estimate of drug-likeness (QED) is 0.218. The molecule has 3 aromatic carbocycles. The molecule has 0 saturated carbocycles. The lowest BCUT2D eigenvalue weighted by molar-refractivity contribution is -0.130. The Kier molecular flexibility index (Phi) is 6.70. The van der Waals surface area contributed by atoms with E-state index in [1.807, 2.05) is 32.0 Å². The molecule has 2 aromatic heterocycles. The van der Waals surface area contributed by atoms with Crippen LogP contribution in [-0.4, -0.2) is 41.7 Å². The van der Waals surface area contributed by atoms with Crippen LogP contribution in [0.25, 0.3) is 27.6 Å². The summed E-state index contributed by atoms with van der Waals surface area (Å²) in [7, 11) is 0. The van der Waals surface area contributed by atoms with Gasteiger partial charge in [0.05, 0.1) is 34.4 Å². The number of nitrogens with zero attached hydrogens (tertiary/aromatic N) is 4. The van der Waals surface area contributed by atoms with Crippen LogP contribution < -0.4 is 4.74 Å². The van der Waals surface area contributed by atoms with Gasteiger partial charge in [-0.1, -0.05) is 12.1 Å². The number of hydrogen-bond donors (Lipinski definition) is 1.